The summed E-state index contributed by atoms with van der Waals surface area (Å²) in [7, 11) is 1.80. The van der Waals surface area contributed by atoms with Gasteiger partial charge in [-0.3, -0.25) is 4.99 Å². The third kappa shape index (κ3) is 8.09. The number of hydrogen-bond acceptors (Lipinski definition) is 4. The summed E-state index contributed by atoms with van der Waals surface area (Å²) in [5.74, 6) is 1.81. The van der Waals surface area contributed by atoms with Gasteiger partial charge in [-0.2, -0.15) is 0 Å². The normalized spacial score (nSPS) is 15.3. The molecule has 1 aliphatic heterocycles. The lowest BCUT2D eigenvalue weighted by molar-refractivity contribution is -0.0390. The maximum absolute atomic E-state index is 6.03. The zero-order valence-corrected chi connectivity index (χ0v) is 17.9. The zero-order valence-electron chi connectivity index (χ0n) is 17.1. The van der Waals surface area contributed by atoms with E-state index in [0.29, 0.717) is 12.7 Å². The molecule has 5 nitrogen and oxygen atoms in total. The topological polar surface area (TPSA) is 54.9 Å². The average molecular weight is 414 g/mol. The number of ether oxygens (including phenoxy) is 2. The maximum atomic E-state index is 6.03. The molecule has 2 aromatic rings. The molecular weight excluding hydrogens is 382 g/mol. The van der Waals surface area contributed by atoms with E-state index in [-0.39, 0.29) is 0 Å². The molecule has 1 fully saturated rings. The van der Waals surface area contributed by atoms with Gasteiger partial charge < -0.3 is 20.1 Å². The Morgan fingerprint density at radius 1 is 1.07 bits per heavy atom. The van der Waals surface area contributed by atoms with Gasteiger partial charge in [0, 0.05) is 44.0 Å². The van der Waals surface area contributed by atoms with Gasteiger partial charge in [-0.05, 0) is 36.1 Å². The fourth-order valence-corrected chi connectivity index (χ4v) is 3.94. The summed E-state index contributed by atoms with van der Waals surface area (Å²) < 4.78 is 11.4. The number of aliphatic imine (C=N–C) groups is 1. The molecule has 3 rings (SSSR count). The number of nitrogens with zero attached hydrogens (tertiary/aromatic N) is 1. The van der Waals surface area contributed by atoms with E-state index < -0.39 is 0 Å². The summed E-state index contributed by atoms with van der Waals surface area (Å²) in [5.41, 5.74) is 2.43. The molecule has 6 heteroatoms. The van der Waals surface area contributed by atoms with Gasteiger partial charge in [-0.1, -0.05) is 42.5 Å². The van der Waals surface area contributed by atoms with Crippen LogP contribution in [-0.2, 0) is 22.6 Å². The molecule has 29 heavy (non-hydrogen) atoms. The van der Waals surface area contributed by atoms with E-state index >= 15 is 0 Å². The van der Waals surface area contributed by atoms with Gasteiger partial charge in [-0.15, -0.1) is 11.8 Å². The van der Waals surface area contributed by atoms with Gasteiger partial charge in [-0.25, -0.2) is 0 Å². The van der Waals surface area contributed by atoms with Crippen molar-refractivity contribution in [2.75, 3.05) is 32.6 Å². The minimum absolute atomic E-state index is 0.322. The van der Waals surface area contributed by atoms with Crippen molar-refractivity contribution in [3.05, 3.63) is 65.7 Å². The quantitative estimate of drug-likeness (QED) is 0.283. The minimum Gasteiger partial charge on any atom is -0.381 e. The molecule has 0 aliphatic carbocycles. The minimum atomic E-state index is 0.322. The monoisotopic (exact) mass is 413 g/mol. The van der Waals surface area contributed by atoms with Crippen molar-refractivity contribution in [3.8, 4) is 0 Å². The van der Waals surface area contributed by atoms with Crippen molar-refractivity contribution in [1.82, 2.24) is 10.6 Å². The number of nitrogens with one attached hydrogen (secondary N) is 2. The first kappa shape index (κ1) is 21.7. The molecule has 2 N–H and O–H groups in total. The number of benzene rings is 2. The third-order valence-corrected chi connectivity index (χ3v) is 5.75. The Kier molecular flexibility index (Phi) is 9.36. The number of guanidine groups is 1. The van der Waals surface area contributed by atoms with Crippen molar-refractivity contribution < 1.29 is 9.47 Å². The highest BCUT2D eigenvalue weighted by Gasteiger charge is 2.14. The van der Waals surface area contributed by atoms with Crippen molar-refractivity contribution in [2.24, 2.45) is 4.99 Å². The molecule has 1 aliphatic rings. The van der Waals surface area contributed by atoms with E-state index in [2.05, 4.69) is 64.2 Å². The van der Waals surface area contributed by atoms with Crippen LogP contribution < -0.4 is 10.6 Å². The Morgan fingerprint density at radius 3 is 2.66 bits per heavy atom. The Morgan fingerprint density at radius 2 is 1.86 bits per heavy atom. The van der Waals surface area contributed by atoms with E-state index in [1.165, 1.54) is 16.0 Å². The highest BCUT2D eigenvalue weighted by molar-refractivity contribution is 7.99. The fourth-order valence-electron chi connectivity index (χ4n) is 3.15. The number of rotatable bonds is 9. The summed E-state index contributed by atoms with van der Waals surface area (Å²) in [6.45, 7) is 3.87. The van der Waals surface area contributed by atoms with Gasteiger partial charge in [0.2, 0.25) is 0 Å². The van der Waals surface area contributed by atoms with Gasteiger partial charge >= 0.3 is 0 Å². The predicted molar refractivity (Wildman–Crippen MR) is 120 cm³/mol. The molecule has 0 saturated carbocycles. The van der Waals surface area contributed by atoms with Crippen molar-refractivity contribution in [3.63, 3.8) is 0 Å². The largest absolute Gasteiger partial charge is 0.381 e. The van der Waals surface area contributed by atoms with Crippen LogP contribution in [0.5, 0.6) is 0 Å². The predicted octanol–water partition coefficient (Wildman–Crippen LogP) is 3.84. The molecule has 0 amide bonds. The third-order valence-electron chi connectivity index (χ3n) is 4.74. The van der Waals surface area contributed by atoms with Crippen LogP contribution >= 0.6 is 11.8 Å². The second-order valence-corrected chi connectivity index (χ2v) is 8.13. The average Bonchev–Trinajstić information content (AvgIpc) is 2.79. The van der Waals surface area contributed by atoms with Crippen LogP contribution in [-0.4, -0.2) is 44.6 Å². The van der Waals surface area contributed by atoms with Gasteiger partial charge in [0.25, 0.3) is 0 Å². The summed E-state index contributed by atoms with van der Waals surface area (Å²) >= 11 is 1.84. The van der Waals surface area contributed by atoms with Crippen LogP contribution in [0.1, 0.15) is 24.0 Å². The van der Waals surface area contributed by atoms with Crippen LogP contribution in [0.3, 0.4) is 0 Å². The van der Waals surface area contributed by atoms with E-state index in [1.54, 1.807) is 7.05 Å². The molecule has 0 atom stereocenters. The first-order chi connectivity index (χ1) is 14.3. The molecule has 0 spiro atoms. The first-order valence-electron chi connectivity index (χ1n) is 10.2. The smallest absolute Gasteiger partial charge is 0.191 e. The number of thioether (sulfide) groups is 1. The molecule has 0 unspecified atom stereocenters. The Bertz CT molecular complexity index is 749. The second-order valence-electron chi connectivity index (χ2n) is 6.96. The molecular formula is C23H31N3O2S. The summed E-state index contributed by atoms with van der Waals surface area (Å²) in [4.78, 5) is 5.61. The highest BCUT2D eigenvalue weighted by atomic mass is 32.2. The first-order valence-corrected chi connectivity index (χ1v) is 11.2. The zero-order chi connectivity index (χ0) is 20.2. The Hall–Kier alpha value is -2.02. The van der Waals surface area contributed by atoms with Crippen LogP contribution in [0.4, 0.5) is 0 Å². The summed E-state index contributed by atoms with van der Waals surface area (Å²) in [6, 6.07) is 19.0. The lowest BCUT2D eigenvalue weighted by Gasteiger charge is -2.22. The number of hydrogen-bond donors (Lipinski definition) is 2. The molecule has 0 radical (unpaired) electrons. The van der Waals surface area contributed by atoms with Crippen LogP contribution in [0.2, 0.25) is 0 Å². The van der Waals surface area contributed by atoms with E-state index in [1.807, 2.05) is 17.8 Å². The molecule has 1 saturated heterocycles. The second kappa shape index (κ2) is 12.5. The summed E-state index contributed by atoms with van der Waals surface area (Å²) in [5, 5.41) is 6.76. The van der Waals surface area contributed by atoms with Crippen LogP contribution in [0.15, 0.2) is 64.5 Å². The molecule has 0 bridgehead atoms. The van der Waals surface area contributed by atoms with Gasteiger partial charge in [0.1, 0.15) is 0 Å². The van der Waals surface area contributed by atoms with Crippen molar-refractivity contribution in [1.29, 1.82) is 0 Å². The lowest BCUT2D eigenvalue weighted by atomic mass is 10.1. The van der Waals surface area contributed by atoms with Crippen molar-refractivity contribution in [2.45, 2.75) is 37.0 Å². The molecule has 1 heterocycles. The SMILES string of the molecule is CN=C(NCCSc1ccccc1)NCc1cccc(COC2CCOCC2)c1. The van der Waals surface area contributed by atoms with Crippen molar-refractivity contribution >= 4 is 17.7 Å². The van der Waals surface area contributed by atoms with Crippen LogP contribution in [0.25, 0.3) is 0 Å². The molecule has 2 aromatic carbocycles. The van der Waals surface area contributed by atoms with E-state index in [9.17, 15) is 0 Å². The van der Waals surface area contributed by atoms with E-state index in [4.69, 9.17) is 9.47 Å². The Balaban J connectivity index is 1.37. The van der Waals surface area contributed by atoms with E-state index in [0.717, 1.165) is 50.9 Å². The lowest BCUT2D eigenvalue weighted by Crippen LogP contribution is -2.37. The maximum Gasteiger partial charge on any atom is 0.191 e. The fraction of sp³-hybridized carbons (Fsp3) is 0.435. The standard InChI is InChI=1S/C23H31N3O2S/c1-24-23(25-12-15-29-22-8-3-2-4-9-22)26-17-19-6-5-7-20(16-19)18-28-21-10-13-27-14-11-21/h2-9,16,21H,10-15,17-18H2,1H3,(H2,24,25,26). The van der Waals surface area contributed by atoms with Gasteiger partial charge in [0.05, 0.1) is 12.7 Å². The molecule has 0 aromatic heterocycles. The van der Waals surface area contributed by atoms with Gasteiger partial charge in [0.15, 0.2) is 5.96 Å². The summed E-state index contributed by atoms with van der Waals surface area (Å²) in [6.07, 6.45) is 2.31. The Labute approximate surface area is 178 Å². The van der Waals surface area contributed by atoms with Crippen LogP contribution in [0, 0.1) is 0 Å². The highest BCUT2D eigenvalue weighted by Crippen LogP contribution is 2.16. The molecule has 156 valence electrons.